The summed E-state index contributed by atoms with van der Waals surface area (Å²) in [5, 5.41) is 8.83. The number of ether oxygens (including phenoxy) is 1. The summed E-state index contributed by atoms with van der Waals surface area (Å²) >= 11 is 0. The van der Waals surface area contributed by atoms with Gasteiger partial charge in [0.25, 0.3) is 0 Å². The summed E-state index contributed by atoms with van der Waals surface area (Å²) in [6.45, 7) is 3.03. The van der Waals surface area contributed by atoms with Gasteiger partial charge in [-0.25, -0.2) is 8.42 Å². The van der Waals surface area contributed by atoms with E-state index in [-0.39, 0.29) is 13.0 Å². The van der Waals surface area contributed by atoms with Gasteiger partial charge in [0.2, 0.25) is 10.0 Å². The van der Waals surface area contributed by atoms with E-state index in [0.717, 1.165) is 4.31 Å². The van der Waals surface area contributed by atoms with Crippen LogP contribution >= 0.6 is 0 Å². The molecule has 1 aliphatic rings. The standard InChI is InChI=1S/C9H17NO5S/c1-6(2)16(13,14)10-5-7(11)4-8(10)9(12)15-3/h6-8,11H,4-5H2,1-3H3. The van der Waals surface area contributed by atoms with Crippen LogP contribution in [0.15, 0.2) is 0 Å². The molecule has 2 unspecified atom stereocenters. The van der Waals surface area contributed by atoms with Gasteiger partial charge >= 0.3 is 5.97 Å². The molecule has 1 fully saturated rings. The largest absolute Gasteiger partial charge is 0.468 e. The Kier molecular flexibility index (Phi) is 3.92. The molecular weight excluding hydrogens is 234 g/mol. The summed E-state index contributed by atoms with van der Waals surface area (Å²) in [4.78, 5) is 11.4. The van der Waals surface area contributed by atoms with E-state index in [1.807, 2.05) is 0 Å². The minimum atomic E-state index is -3.54. The molecule has 0 amide bonds. The Bertz CT molecular complexity index is 364. The molecular formula is C9H17NO5S. The molecule has 0 bridgehead atoms. The van der Waals surface area contributed by atoms with E-state index in [4.69, 9.17) is 0 Å². The molecule has 0 radical (unpaired) electrons. The number of methoxy groups -OCH3 is 1. The van der Waals surface area contributed by atoms with Crippen LogP contribution in [0.5, 0.6) is 0 Å². The van der Waals surface area contributed by atoms with Crippen molar-refractivity contribution < 1.29 is 23.1 Å². The number of hydrogen-bond donors (Lipinski definition) is 1. The van der Waals surface area contributed by atoms with Gasteiger partial charge in [-0.2, -0.15) is 4.31 Å². The zero-order chi connectivity index (χ0) is 12.5. The summed E-state index contributed by atoms with van der Waals surface area (Å²) < 4.78 is 29.4. The van der Waals surface area contributed by atoms with E-state index in [1.165, 1.54) is 21.0 Å². The molecule has 0 saturated carbocycles. The predicted molar refractivity (Wildman–Crippen MR) is 57.2 cm³/mol. The molecule has 2 atom stereocenters. The van der Waals surface area contributed by atoms with Crippen LogP contribution in [-0.2, 0) is 19.6 Å². The summed E-state index contributed by atoms with van der Waals surface area (Å²) in [7, 11) is -2.34. The van der Waals surface area contributed by atoms with E-state index in [9.17, 15) is 18.3 Å². The number of β-amino-alcohol motifs (C(OH)–C–C–N with tert-alkyl or cyclic N) is 1. The highest BCUT2D eigenvalue weighted by Gasteiger charge is 2.44. The molecule has 16 heavy (non-hydrogen) atoms. The third kappa shape index (κ3) is 2.36. The lowest BCUT2D eigenvalue weighted by Gasteiger charge is -2.23. The van der Waals surface area contributed by atoms with E-state index in [0.29, 0.717) is 0 Å². The van der Waals surface area contributed by atoms with Gasteiger partial charge in [0.15, 0.2) is 0 Å². The molecule has 0 aromatic rings. The van der Waals surface area contributed by atoms with Crippen molar-refractivity contribution >= 4 is 16.0 Å². The number of carbonyl (C=O) groups is 1. The monoisotopic (exact) mass is 251 g/mol. The minimum Gasteiger partial charge on any atom is -0.468 e. The molecule has 0 aromatic heterocycles. The zero-order valence-corrected chi connectivity index (χ0v) is 10.4. The van der Waals surface area contributed by atoms with Crippen LogP contribution < -0.4 is 0 Å². The fourth-order valence-corrected chi connectivity index (χ4v) is 3.13. The summed E-state index contributed by atoms with van der Waals surface area (Å²) in [6.07, 6.45) is -0.712. The zero-order valence-electron chi connectivity index (χ0n) is 9.58. The SMILES string of the molecule is COC(=O)C1CC(O)CN1S(=O)(=O)C(C)C. The number of carbonyl (C=O) groups excluding carboxylic acids is 1. The smallest absolute Gasteiger partial charge is 0.324 e. The maximum Gasteiger partial charge on any atom is 0.324 e. The second-order valence-corrected chi connectivity index (χ2v) is 6.53. The Balaban J connectivity index is 2.98. The Morgan fingerprint density at radius 1 is 1.50 bits per heavy atom. The van der Waals surface area contributed by atoms with Crippen LogP contribution in [0.25, 0.3) is 0 Å². The van der Waals surface area contributed by atoms with Crippen molar-refractivity contribution in [3.05, 3.63) is 0 Å². The van der Waals surface area contributed by atoms with E-state index < -0.39 is 33.4 Å². The van der Waals surface area contributed by atoms with Crippen LogP contribution in [0.1, 0.15) is 20.3 Å². The molecule has 7 heteroatoms. The first-order chi connectivity index (χ1) is 7.30. The predicted octanol–water partition coefficient (Wildman–Crippen LogP) is -0.667. The second kappa shape index (κ2) is 4.68. The summed E-state index contributed by atoms with van der Waals surface area (Å²) in [5.74, 6) is -0.624. The Morgan fingerprint density at radius 3 is 2.50 bits per heavy atom. The van der Waals surface area contributed by atoms with Gasteiger partial charge in [-0.15, -0.1) is 0 Å². The molecule has 94 valence electrons. The average molecular weight is 251 g/mol. The molecule has 6 nitrogen and oxygen atoms in total. The normalized spacial score (nSPS) is 27.3. The molecule has 1 N–H and O–H groups in total. The van der Waals surface area contributed by atoms with E-state index in [2.05, 4.69) is 4.74 Å². The molecule has 1 aliphatic heterocycles. The molecule has 0 aliphatic carbocycles. The first kappa shape index (κ1) is 13.4. The van der Waals surface area contributed by atoms with Gasteiger partial charge < -0.3 is 9.84 Å². The van der Waals surface area contributed by atoms with Crippen molar-refractivity contribution in [1.82, 2.24) is 4.31 Å². The van der Waals surface area contributed by atoms with E-state index in [1.54, 1.807) is 0 Å². The highest BCUT2D eigenvalue weighted by Crippen LogP contribution is 2.24. The highest BCUT2D eigenvalue weighted by molar-refractivity contribution is 7.89. The van der Waals surface area contributed by atoms with Crippen molar-refractivity contribution in [3.63, 3.8) is 0 Å². The number of aliphatic hydroxyl groups excluding tert-OH is 1. The number of sulfonamides is 1. The fourth-order valence-electron chi connectivity index (χ4n) is 1.69. The topological polar surface area (TPSA) is 83.9 Å². The molecule has 1 heterocycles. The lowest BCUT2D eigenvalue weighted by Crippen LogP contribution is -2.44. The van der Waals surface area contributed by atoms with Crippen LogP contribution in [0.3, 0.4) is 0 Å². The third-order valence-corrected chi connectivity index (χ3v) is 4.88. The highest BCUT2D eigenvalue weighted by atomic mass is 32.2. The lowest BCUT2D eigenvalue weighted by molar-refractivity contribution is -0.144. The maximum absolute atomic E-state index is 11.9. The minimum absolute atomic E-state index is 0.0414. The quantitative estimate of drug-likeness (QED) is 0.673. The number of aliphatic hydroxyl groups is 1. The Hall–Kier alpha value is -0.660. The number of esters is 1. The summed E-state index contributed by atoms with van der Waals surface area (Å²) in [6, 6.07) is -0.896. The Morgan fingerprint density at radius 2 is 2.06 bits per heavy atom. The number of nitrogens with zero attached hydrogens (tertiary/aromatic N) is 1. The second-order valence-electron chi connectivity index (χ2n) is 4.09. The van der Waals surface area contributed by atoms with Gasteiger partial charge in [0.05, 0.1) is 18.5 Å². The number of rotatable bonds is 3. The van der Waals surface area contributed by atoms with Crippen molar-refractivity contribution in [2.24, 2.45) is 0 Å². The number of hydrogen-bond acceptors (Lipinski definition) is 5. The molecule has 0 spiro atoms. The van der Waals surface area contributed by atoms with E-state index >= 15 is 0 Å². The first-order valence-electron chi connectivity index (χ1n) is 5.07. The van der Waals surface area contributed by atoms with Gasteiger partial charge in [0, 0.05) is 13.0 Å². The maximum atomic E-state index is 11.9. The van der Waals surface area contributed by atoms with Gasteiger partial charge in [0.1, 0.15) is 6.04 Å². The molecule has 1 saturated heterocycles. The van der Waals surface area contributed by atoms with Crippen LogP contribution in [0.4, 0.5) is 0 Å². The van der Waals surface area contributed by atoms with Gasteiger partial charge in [-0.1, -0.05) is 0 Å². The lowest BCUT2D eigenvalue weighted by atomic mass is 10.2. The van der Waals surface area contributed by atoms with Gasteiger partial charge in [-0.05, 0) is 13.8 Å². The molecule has 0 aromatic carbocycles. The van der Waals surface area contributed by atoms with Crippen LogP contribution in [0.2, 0.25) is 0 Å². The molecule has 1 rings (SSSR count). The first-order valence-corrected chi connectivity index (χ1v) is 6.57. The van der Waals surface area contributed by atoms with Crippen LogP contribution in [0, 0.1) is 0 Å². The van der Waals surface area contributed by atoms with Crippen molar-refractivity contribution in [2.45, 2.75) is 37.7 Å². The van der Waals surface area contributed by atoms with Crippen molar-refractivity contribution in [2.75, 3.05) is 13.7 Å². The van der Waals surface area contributed by atoms with Crippen molar-refractivity contribution in [1.29, 1.82) is 0 Å². The van der Waals surface area contributed by atoms with Crippen LogP contribution in [-0.4, -0.2) is 54.8 Å². The van der Waals surface area contributed by atoms with Crippen molar-refractivity contribution in [3.8, 4) is 0 Å². The van der Waals surface area contributed by atoms with Gasteiger partial charge in [-0.3, -0.25) is 4.79 Å². The summed E-state index contributed by atoms with van der Waals surface area (Å²) in [5.41, 5.74) is 0. The average Bonchev–Trinajstić information content (AvgIpc) is 2.59. The third-order valence-electron chi connectivity index (χ3n) is 2.63. The Labute approximate surface area is 95.2 Å². The fraction of sp³-hybridized carbons (Fsp3) is 0.889.